The molecule has 0 spiro atoms. The standard InChI is InChI=1S/C13H6BrFN2O3/c14-10-5-8(7-16)1-4-12(10)20-13-6-9(15)2-3-11(13)17(18)19/h1-6H. The summed E-state index contributed by atoms with van der Waals surface area (Å²) >= 11 is 3.19. The van der Waals surface area contributed by atoms with Crippen LogP contribution in [0.2, 0.25) is 0 Å². The van der Waals surface area contributed by atoms with E-state index in [2.05, 4.69) is 15.9 Å². The molecule has 0 aliphatic heterocycles. The van der Waals surface area contributed by atoms with E-state index in [-0.39, 0.29) is 17.2 Å². The average molecular weight is 337 g/mol. The minimum atomic E-state index is -0.660. The largest absolute Gasteiger partial charge is 0.449 e. The summed E-state index contributed by atoms with van der Waals surface area (Å²) in [6, 6.07) is 9.35. The normalized spacial score (nSPS) is 9.85. The lowest BCUT2D eigenvalue weighted by molar-refractivity contribution is -0.385. The Labute approximate surface area is 121 Å². The first-order valence-electron chi connectivity index (χ1n) is 5.32. The first-order valence-corrected chi connectivity index (χ1v) is 6.12. The third-order valence-corrected chi connectivity index (χ3v) is 3.02. The Morgan fingerprint density at radius 2 is 2.00 bits per heavy atom. The Morgan fingerprint density at radius 3 is 2.60 bits per heavy atom. The van der Waals surface area contributed by atoms with Crippen LogP contribution in [0.15, 0.2) is 40.9 Å². The summed E-state index contributed by atoms with van der Waals surface area (Å²) in [5, 5.41) is 19.6. The van der Waals surface area contributed by atoms with Gasteiger partial charge in [0.2, 0.25) is 5.75 Å². The molecule has 2 aromatic carbocycles. The molecule has 20 heavy (non-hydrogen) atoms. The van der Waals surface area contributed by atoms with Crippen LogP contribution in [-0.4, -0.2) is 4.92 Å². The van der Waals surface area contributed by atoms with Crippen LogP contribution in [-0.2, 0) is 0 Å². The van der Waals surface area contributed by atoms with Gasteiger partial charge < -0.3 is 4.74 Å². The Hall–Kier alpha value is -2.46. The second kappa shape index (κ2) is 5.67. The van der Waals surface area contributed by atoms with Gasteiger partial charge in [-0.05, 0) is 40.2 Å². The second-order valence-corrected chi connectivity index (χ2v) is 4.58. The lowest BCUT2D eigenvalue weighted by Crippen LogP contribution is -1.95. The van der Waals surface area contributed by atoms with Crippen molar-refractivity contribution in [1.29, 1.82) is 5.26 Å². The number of ether oxygens (including phenoxy) is 1. The summed E-state index contributed by atoms with van der Waals surface area (Å²) in [6.45, 7) is 0. The minimum Gasteiger partial charge on any atom is -0.449 e. The molecular formula is C13H6BrFN2O3. The van der Waals surface area contributed by atoms with Crippen molar-refractivity contribution in [3.8, 4) is 17.6 Å². The fraction of sp³-hybridized carbons (Fsp3) is 0. The minimum absolute atomic E-state index is 0.208. The first-order chi connectivity index (χ1) is 9.51. The van der Waals surface area contributed by atoms with Crippen LogP contribution >= 0.6 is 15.9 Å². The Balaban J connectivity index is 2.42. The molecule has 0 bridgehead atoms. The van der Waals surface area contributed by atoms with Crippen molar-refractivity contribution in [3.63, 3.8) is 0 Å². The van der Waals surface area contributed by atoms with E-state index in [1.165, 1.54) is 18.2 Å². The number of nitro groups is 1. The summed E-state index contributed by atoms with van der Waals surface area (Å²) in [7, 11) is 0. The molecule has 7 heteroatoms. The molecule has 0 heterocycles. The molecule has 0 N–H and O–H groups in total. The van der Waals surface area contributed by atoms with Gasteiger partial charge in [0.1, 0.15) is 11.6 Å². The van der Waals surface area contributed by atoms with E-state index in [1.54, 1.807) is 0 Å². The maximum atomic E-state index is 13.2. The van der Waals surface area contributed by atoms with Crippen LogP contribution in [0.25, 0.3) is 0 Å². The van der Waals surface area contributed by atoms with Crippen molar-refractivity contribution in [2.75, 3.05) is 0 Å². The second-order valence-electron chi connectivity index (χ2n) is 3.73. The molecule has 2 rings (SSSR count). The van der Waals surface area contributed by atoms with Gasteiger partial charge in [0.25, 0.3) is 0 Å². The summed E-state index contributed by atoms with van der Waals surface area (Å²) in [5.74, 6) is -0.603. The van der Waals surface area contributed by atoms with Crippen LogP contribution in [0.5, 0.6) is 11.5 Å². The smallest absolute Gasteiger partial charge is 0.311 e. The highest BCUT2D eigenvalue weighted by molar-refractivity contribution is 9.10. The number of nitro benzene ring substituents is 1. The fourth-order valence-corrected chi connectivity index (χ4v) is 1.95. The van der Waals surface area contributed by atoms with E-state index in [9.17, 15) is 14.5 Å². The summed E-state index contributed by atoms with van der Waals surface area (Å²) in [6.07, 6.45) is 0. The number of benzene rings is 2. The van der Waals surface area contributed by atoms with Gasteiger partial charge in [0.15, 0.2) is 0 Å². The third kappa shape index (κ3) is 2.92. The first kappa shape index (κ1) is 14.0. The fourth-order valence-electron chi connectivity index (χ4n) is 1.49. The van der Waals surface area contributed by atoms with E-state index < -0.39 is 10.7 Å². The zero-order chi connectivity index (χ0) is 14.7. The van der Waals surface area contributed by atoms with Gasteiger partial charge in [-0.3, -0.25) is 10.1 Å². The molecule has 0 aliphatic rings. The van der Waals surface area contributed by atoms with Crippen molar-refractivity contribution in [2.24, 2.45) is 0 Å². The van der Waals surface area contributed by atoms with Crippen LogP contribution < -0.4 is 4.74 Å². The van der Waals surface area contributed by atoms with Crippen LogP contribution in [0, 0.1) is 27.3 Å². The van der Waals surface area contributed by atoms with Crippen molar-refractivity contribution >= 4 is 21.6 Å². The predicted octanol–water partition coefficient (Wildman–Crippen LogP) is 4.16. The highest BCUT2D eigenvalue weighted by Gasteiger charge is 2.17. The molecule has 0 fully saturated rings. The lowest BCUT2D eigenvalue weighted by atomic mass is 10.2. The Bertz CT molecular complexity index is 728. The van der Waals surface area contributed by atoms with Gasteiger partial charge in [-0.2, -0.15) is 5.26 Å². The lowest BCUT2D eigenvalue weighted by Gasteiger charge is -2.08. The van der Waals surface area contributed by atoms with Gasteiger partial charge in [-0.15, -0.1) is 0 Å². The molecule has 0 saturated heterocycles. The highest BCUT2D eigenvalue weighted by Crippen LogP contribution is 2.35. The summed E-state index contributed by atoms with van der Waals surface area (Å²) in [4.78, 5) is 10.2. The molecule has 5 nitrogen and oxygen atoms in total. The van der Waals surface area contributed by atoms with Gasteiger partial charge in [0.05, 0.1) is 21.0 Å². The number of rotatable bonds is 3. The van der Waals surface area contributed by atoms with E-state index >= 15 is 0 Å². The van der Waals surface area contributed by atoms with Gasteiger partial charge >= 0.3 is 5.69 Å². The molecule has 0 atom stereocenters. The van der Waals surface area contributed by atoms with Gasteiger partial charge in [-0.25, -0.2) is 4.39 Å². The van der Waals surface area contributed by atoms with Crippen molar-refractivity contribution in [3.05, 3.63) is 62.4 Å². The number of nitrogens with zero attached hydrogens (tertiary/aromatic N) is 2. The molecule has 100 valence electrons. The van der Waals surface area contributed by atoms with Gasteiger partial charge in [0, 0.05) is 12.1 Å². The number of halogens is 2. The molecule has 0 aromatic heterocycles. The molecule has 0 amide bonds. The van der Waals surface area contributed by atoms with Gasteiger partial charge in [-0.1, -0.05) is 0 Å². The van der Waals surface area contributed by atoms with E-state index in [4.69, 9.17) is 10.00 Å². The van der Waals surface area contributed by atoms with Crippen LogP contribution in [0.4, 0.5) is 10.1 Å². The van der Waals surface area contributed by atoms with Crippen molar-refractivity contribution < 1.29 is 14.1 Å². The number of hydrogen-bond acceptors (Lipinski definition) is 4. The maximum Gasteiger partial charge on any atom is 0.311 e. The van der Waals surface area contributed by atoms with Crippen LogP contribution in [0.3, 0.4) is 0 Å². The maximum absolute atomic E-state index is 13.2. The predicted molar refractivity (Wildman–Crippen MR) is 72.0 cm³/mol. The molecule has 0 unspecified atom stereocenters. The summed E-state index contributed by atoms with van der Waals surface area (Å²) in [5.41, 5.74) is 0.0561. The topological polar surface area (TPSA) is 76.2 Å². The van der Waals surface area contributed by atoms with E-state index in [0.717, 1.165) is 18.2 Å². The molecule has 0 saturated carbocycles. The average Bonchev–Trinajstić information content (AvgIpc) is 2.40. The molecule has 2 aromatic rings. The SMILES string of the molecule is N#Cc1ccc(Oc2cc(F)ccc2[N+](=O)[O-])c(Br)c1. The number of nitriles is 1. The Morgan fingerprint density at radius 1 is 1.25 bits per heavy atom. The summed E-state index contributed by atoms with van der Waals surface area (Å²) < 4.78 is 19.0. The third-order valence-electron chi connectivity index (χ3n) is 2.40. The molecule has 0 radical (unpaired) electrons. The molecule has 0 aliphatic carbocycles. The monoisotopic (exact) mass is 336 g/mol. The zero-order valence-electron chi connectivity index (χ0n) is 9.84. The van der Waals surface area contributed by atoms with Crippen molar-refractivity contribution in [1.82, 2.24) is 0 Å². The number of hydrogen-bond donors (Lipinski definition) is 0. The quantitative estimate of drug-likeness (QED) is 0.622. The highest BCUT2D eigenvalue weighted by atomic mass is 79.9. The van der Waals surface area contributed by atoms with Crippen LogP contribution in [0.1, 0.15) is 5.56 Å². The Kier molecular flexibility index (Phi) is 3.96. The van der Waals surface area contributed by atoms with E-state index in [0.29, 0.717) is 10.0 Å². The van der Waals surface area contributed by atoms with Crippen molar-refractivity contribution in [2.45, 2.75) is 0 Å². The van der Waals surface area contributed by atoms with E-state index in [1.807, 2.05) is 6.07 Å². The molecular weight excluding hydrogens is 331 g/mol. The zero-order valence-corrected chi connectivity index (χ0v) is 11.4.